The Balaban J connectivity index is 2.65. The molecular weight excluding hydrogens is 176 g/mol. The monoisotopic (exact) mass is 186 g/mol. The van der Waals surface area contributed by atoms with Crippen LogP contribution in [0.4, 0.5) is 0 Å². The van der Waals surface area contributed by atoms with Gasteiger partial charge < -0.3 is 9.66 Å². The zero-order valence-corrected chi connectivity index (χ0v) is 7.20. The van der Waals surface area contributed by atoms with Crippen molar-refractivity contribution in [3.8, 4) is 0 Å². The number of rotatable bonds is 3. The van der Waals surface area contributed by atoms with E-state index in [1.165, 1.54) is 0 Å². The van der Waals surface area contributed by atoms with Crippen molar-refractivity contribution in [2.45, 2.75) is 6.10 Å². The van der Waals surface area contributed by atoms with Gasteiger partial charge in [0.25, 0.3) is 0 Å². The van der Waals surface area contributed by atoms with Crippen LogP contribution in [0.25, 0.3) is 0 Å². The molecule has 0 amide bonds. The second-order valence-electron chi connectivity index (χ2n) is 2.41. The molecule has 0 radical (unpaired) electrons. The maximum absolute atomic E-state index is 10.3. The molecule has 0 saturated carbocycles. The SMILES string of the molecule is O=S(O)C[C@H](O)c1ccccc1. The van der Waals surface area contributed by atoms with Crippen molar-refractivity contribution >= 4 is 11.1 Å². The Morgan fingerprint density at radius 1 is 1.33 bits per heavy atom. The molecule has 0 saturated heterocycles. The molecule has 1 aromatic rings. The average Bonchev–Trinajstić information content (AvgIpc) is 2.05. The topological polar surface area (TPSA) is 57.5 Å². The van der Waals surface area contributed by atoms with E-state index in [2.05, 4.69) is 0 Å². The van der Waals surface area contributed by atoms with E-state index in [1.54, 1.807) is 24.3 Å². The van der Waals surface area contributed by atoms with Crippen LogP contribution in [0.1, 0.15) is 11.7 Å². The van der Waals surface area contributed by atoms with Gasteiger partial charge >= 0.3 is 0 Å². The molecule has 0 heterocycles. The van der Waals surface area contributed by atoms with Gasteiger partial charge in [0.05, 0.1) is 11.9 Å². The maximum Gasteiger partial charge on any atom is 0.155 e. The molecule has 0 aliphatic heterocycles. The second-order valence-corrected chi connectivity index (χ2v) is 3.39. The van der Waals surface area contributed by atoms with E-state index in [0.29, 0.717) is 5.56 Å². The van der Waals surface area contributed by atoms with Crippen LogP contribution >= 0.6 is 0 Å². The highest BCUT2D eigenvalue weighted by Crippen LogP contribution is 2.12. The molecule has 4 heteroatoms. The molecule has 0 aromatic heterocycles. The predicted octanol–water partition coefficient (Wildman–Crippen LogP) is 0.942. The van der Waals surface area contributed by atoms with E-state index < -0.39 is 17.2 Å². The lowest BCUT2D eigenvalue weighted by Crippen LogP contribution is -2.07. The Labute approximate surface area is 73.3 Å². The second kappa shape index (κ2) is 4.35. The molecule has 1 rings (SSSR count). The predicted molar refractivity (Wildman–Crippen MR) is 47.0 cm³/mol. The smallest absolute Gasteiger partial charge is 0.155 e. The molecule has 1 unspecified atom stereocenters. The van der Waals surface area contributed by atoms with Gasteiger partial charge in [-0.2, -0.15) is 0 Å². The van der Waals surface area contributed by atoms with Crippen molar-refractivity contribution < 1.29 is 13.9 Å². The number of hydrogen-bond donors (Lipinski definition) is 2. The van der Waals surface area contributed by atoms with Gasteiger partial charge in [-0.25, -0.2) is 4.21 Å². The lowest BCUT2D eigenvalue weighted by Gasteiger charge is -2.06. The van der Waals surface area contributed by atoms with Crippen LogP contribution < -0.4 is 0 Å². The van der Waals surface area contributed by atoms with Crippen LogP contribution in [0.15, 0.2) is 30.3 Å². The minimum Gasteiger partial charge on any atom is -0.387 e. The fraction of sp³-hybridized carbons (Fsp3) is 0.250. The first-order chi connectivity index (χ1) is 5.70. The molecule has 0 aliphatic carbocycles. The van der Waals surface area contributed by atoms with Gasteiger partial charge in [-0.05, 0) is 5.56 Å². The standard InChI is InChI=1S/C8H10O3S/c9-8(6-12(10)11)7-4-2-1-3-5-7/h1-5,8-9H,6H2,(H,10,11)/t8-/m0/s1. The largest absolute Gasteiger partial charge is 0.387 e. The third kappa shape index (κ3) is 2.73. The van der Waals surface area contributed by atoms with E-state index in [1.807, 2.05) is 6.07 Å². The molecule has 66 valence electrons. The molecule has 2 atom stereocenters. The first kappa shape index (κ1) is 9.38. The van der Waals surface area contributed by atoms with E-state index in [4.69, 9.17) is 4.55 Å². The Kier molecular flexibility index (Phi) is 3.40. The van der Waals surface area contributed by atoms with E-state index in [0.717, 1.165) is 0 Å². The number of hydrogen-bond acceptors (Lipinski definition) is 2. The Morgan fingerprint density at radius 2 is 1.92 bits per heavy atom. The fourth-order valence-electron chi connectivity index (χ4n) is 0.906. The molecule has 0 aliphatic rings. The summed E-state index contributed by atoms with van der Waals surface area (Å²) in [6.07, 6.45) is -0.850. The van der Waals surface area contributed by atoms with Crippen LogP contribution in [-0.4, -0.2) is 19.6 Å². The average molecular weight is 186 g/mol. The van der Waals surface area contributed by atoms with E-state index in [-0.39, 0.29) is 5.75 Å². The molecular formula is C8H10O3S. The molecule has 2 N–H and O–H groups in total. The summed E-state index contributed by atoms with van der Waals surface area (Å²) in [4.78, 5) is 0. The first-order valence-electron chi connectivity index (χ1n) is 3.50. The zero-order valence-electron chi connectivity index (χ0n) is 6.38. The van der Waals surface area contributed by atoms with Crippen molar-refractivity contribution in [1.82, 2.24) is 0 Å². The van der Waals surface area contributed by atoms with Gasteiger partial charge in [-0.15, -0.1) is 0 Å². The van der Waals surface area contributed by atoms with Crippen molar-refractivity contribution in [1.29, 1.82) is 0 Å². The van der Waals surface area contributed by atoms with Gasteiger partial charge in [0.1, 0.15) is 0 Å². The molecule has 12 heavy (non-hydrogen) atoms. The third-order valence-electron chi connectivity index (χ3n) is 1.48. The van der Waals surface area contributed by atoms with Crippen LogP contribution in [0.3, 0.4) is 0 Å². The minimum atomic E-state index is -1.95. The van der Waals surface area contributed by atoms with Crippen LogP contribution in [0.5, 0.6) is 0 Å². The summed E-state index contributed by atoms with van der Waals surface area (Å²) in [7, 11) is 0. The quantitative estimate of drug-likeness (QED) is 0.691. The normalized spacial score (nSPS) is 15.5. The van der Waals surface area contributed by atoms with E-state index >= 15 is 0 Å². The maximum atomic E-state index is 10.3. The molecule has 1 aromatic carbocycles. The summed E-state index contributed by atoms with van der Waals surface area (Å²) in [5, 5.41) is 9.34. The Morgan fingerprint density at radius 3 is 2.42 bits per heavy atom. The summed E-state index contributed by atoms with van der Waals surface area (Å²) in [6, 6.07) is 8.82. The van der Waals surface area contributed by atoms with Crippen molar-refractivity contribution in [2.75, 3.05) is 5.75 Å². The highest BCUT2D eigenvalue weighted by molar-refractivity contribution is 7.79. The summed E-state index contributed by atoms with van der Waals surface area (Å²) >= 11 is -1.95. The summed E-state index contributed by atoms with van der Waals surface area (Å²) in [6.45, 7) is 0. The van der Waals surface area contributed by atoms with Crippen molar-refractivity contribution in [3.63, 3.8) is 0 Å². The van der Waals surface area contributed by atoms with Crippen LogP contribution in [-0.2, 0) is 11.1 Å². The minimum absolute atomic E-state index is 0.135. The molecule has 0 spiro atoms. The summed E-state index contributed by atoms with van der Waals surface area (Å²) < 4.78 is 18.8. The third-order valence-corrected chi connectivity index (χ3v) is 2.09. The highest BCUT2D eigenvalue weighted by Gasteiger charge is 2.08. The van der Waals surface area contributed by atoms with Crippen molar-refractivity contribution in [3.05, 3.63) is 35.9 Å². The Hall–Kier alpha value is -0.710. The van der Waals surface area contributed by atoms with E-state index in [9.17, 15) is 9.32 Å². The van der Waals surface area contributed by atoms with Crippen LogP contribution in [0.2, 0.25) is 0 Å². The molecule has 0 fully saturated rings. The van der Waals surface area contributed by atoms with Crippen molar-refractivity contribution in [2.24, 2.45) is 0 Å². The number of aliphatic hydroxyl groups excluding tert-OH is 1. The zero-order chi connectivity index (χ0) is 8.97. The lowest BCUT2D eigenvalue weighted by atomic mass is 10.1. The van der Waals surface area contributed by atoms with Gasteiger partial charge in [-0.3, -0.25) is 0 Å². The number of aliphatic hydroxyl groups is 1. The fourth-order valence-corrected chi connectivity index (χ4v) is 1.37. The lowest BCUT2D eigenvalue weighted by molar-refractivity contribution is 0.201. The van der Waals surface area contributed by atoms with Gasteiger partial charge in [0.2, 0.25) is 0 Å². The molecule has 0 bridgehead atoms. The molecule has 3 nitrogen and oxygen atoms in total. The van der Waals surface area contributed by atoms with Gasteiger partial charge in [-0.1, -0.05) is 30.3 Å². The summed E-state index contributed by atoms with van der Waals surface area (Å²) in [5.74, 6) is -0.135. The van der Waals surface area contributed by atoms with Crippen LogP contribution in [0, 0.1) is 0 Å². The van der Waals surface area contributed by atoms with Gasteiger partial charge in [0.15, 0.2) is 11.1 Å². The first-order valence-corrected chi connectivity index (χ1v) is 4.78. The highest BCUT2D eigenvalue weighted by atomic mass is 32.2. The van der Waals surface area contributed by atoms with Gasteiger partial charge in [0, 0.05) is 0 Å². The summed E-state index contributed by atoms with van der Waals surface area (Å²) in [5.41, 5.74) is 0.667. The Bertz CT molecular complexity index is 260. The number of benzene rings is 1.